The zero-order valence-electron chi connectivity index (χ0n) is 13.1. The molecule has 26 heavy (non-hydrogen) atoms. The van der Waals surface area contributed by atoms with Gasteiger partial charge in [0.2, 0.25) is 17.7 Å². The van der Waals surface area contributed by atoms with Gasteiger partial charge in [0.05, 0.1) is 22.8 Å². The SMILES string of the molecule is O=C(O)/C=C/C(=O)Nc1ccc(Oc2ncnc3cc(Cl)ccc23)nc1. The highest BCUT2D eigenvalue weighted by Crippen LogP contribution is 2.27. The van der Waals surface area contributed by atoms with Gasteiger partial charge in [-0.1, -0.05) is 11.6 Å². The van der Waals surface area contributed by atoms with Gasteiger partial charge in [0, 0.05) is 23.2 Å². The average Bonchev–Trinajstić information content (AvgIpc) is 2.61. The predicted molar refractivity (Wildman–Crippen MR) is 94.3 cm³/mol. The fourth-order valence-electron chi connectivity index (χ4n) is 2.03. The summed E-state index contributed by atoms with van der Waals surface area (Å²) in [4.78, 5) is 34.2. The summed E-state index contributed by atoms with van der Waals surface area (Å²) in [5.41, 5.74) is 1.02. The lowest BCUT2D eigenvalue weighted by Crippen LogP contribution is -2.08. The molecule has 0 bridgehead atoms. The van der Waals surface area contributed by atoms with Crippen molar-refractivity contribution in [3.8, 4) is 11.8 Å². The number of nitrogens with zero attached hydrogens (tertiary/aromatic N) is 3. The van der Waals surface area contributed by atoms with Crippen molar-refractivity contribution in [2.75, 3.05) is 5.32 Å². The first-order valence-corrected chi connectivity index (χ1v) is 7.65. The number of carbonyl (C=O) groups is 2. The molecule has 0 aliphatic heterocycles. The quantitative estimate of drug-likeness (QED) is 0.663. The van der Waals surface area contributed by atoms with Crippen LogP contribution in [0.3, 0.4) is 0 Å². The van der Waals surface area contributed by atoms with Crippen LogP contribution >= 0.6 is 11.6 Å². The molecule has 130 valence electrons. The lowest BCUT2D eigenvalue weighted by Gasteiger charge is -2.07. The van der Waals surface area contributed by atoms with E-state index < -0.39 is 11.9 Å². The highest BCUT2D eigenvalue weighted by molar-refractivity contribution is 6.31. The topological polar surface area (TPSA) is 114 Å². The van der Waals surface area contributed by atoms with Crippen molar-refractivity contribution < 1.29 is 19.4 Å². The lowest BCUT2D eigenvalue weighted by molar-refractivity contribution is -0.131. The summed E-state index contributed by atoms with van der Waals surface area (Å²) in [6.07, 6.45) is 4.39. The number of carboxylic acids is 1. The number of pyridine rings is 1. The molecule has 3 rings (SSSR count). The molecule has 8 nitrogen and oxygen atoms in total. The maximum absolute atomic E-state index is 11.5. The van der Waals surface area contributed by atoms with Crippen LogP contribution in [0.1, 0.15) is 0 Å². The zero-order valence-corrected chi connectivity index (χ0v) is 13.8. The Morgan fingerprint density at radius 3 is 2.69 bits per heavy atom. The lowest BCUT2D eigenvalue weighted by atomic mass is 10.2. The number of ether oxygens (including phenoxy) is 1. The number of carboxylic acid groups (broad SMARTS) is 1. The van der Waals surface area contributed by atoms with Gasteiger partial charge in [-0.15, -0.1) is 0 Å². The van der Waals surface area contributed by atoms with Crippen LogP contribution in [0.5, 0.6) is 11.8 Å². The van der Waals surface area contributed by atoms with Crippen molar-refractivity contribution >= 4 is 40.1 Å². The van der Waals surface area contributed by atoms with Crippen LogP contribution in [0.4, 0.5) is 5.69 Å². The monoisotopic (exact) mass is 370 g/mol. The Bertz CT molecular complexity index is 1010. The normalized spacial score (nSPS) is 10.8. The van der Waals surface area contributed by atoms with E-state index in [-0.39, 0.29) is 5.88 Å². The Morgan fingerprint density at radius 2 is 1.96 bits per heavy atom. The number of anilines is 1. The van der Waals surface area contributed by atoms with Crippen LogP contribution in [-0.2, 0) is 9.59 Å². The number of rotatable bonds is 5. The van der Waals surface area contributed by atoms with Gasteiger partial charge in [-0.05, 0) is 24.3 Å². The van der Waals surface area contributed by atoms with E-state index in [1.54, 1.807) is 30.3 Å². The smallest absolute Gasteiger partial charge is 0.328 e. The summed E-state index contributed by atoms with van der Waals surface area (Å²) >= 11 is 5.94. The van der Waals surface area contributed by atoms with E-state index in [0.717, 1.165) is 12.2 Å². The van der Waals surface area contributed by atoms with Gasteiger partial charge in [0.25, 0.3) is 0 Å². The second kappa shape index (κ2) is 7.58. The molecule has 0 aliphatic carbocycles. The molecular formula is C17H11ClN4O4. The van der Waals surface area contributed by atoms with Crippen LogP contribution in [-0.4, -0.2) is 31.9 Å². The van der Waals surface area contributed by atoms with Crippen molar-refractivity contribution in [1.82, 2.24) is 15.0 Å². The summed E-state index contributed by atoms with van der Waals surface area (Å²) in [7, 11) is 0. The molecule has 1 aromatic carbocycles. The number of amides is 1. The highest BCUT2D eigenvalue weighted by Gasteiger charge is 2.08. The van der Waals surface area contributed by atoms with E-state index in [1.807, 2.05) is 0 Å². The molecule has 1 amide bonds. The van der Waals surface area contributed by atoms with Gasteiger partial charge < -0.3 is 15.2 Å². The molecule has 0 fully saturated rings. The molecule has 0 aliphatic rings. The van der Waals surface area contributed by atoms with Crippen molar-refractivity contribution in [3.05, 3.63) is 60.0 Å². The summed E-state index contributed by atoms with van der Waals surface area (Å²) in [6.45, 7) is 0. The third-order valence-corrected chi connectivity index (χ3v) is 3.38. The van der Waals surface area contributed by atoms with Crippen LogP contribution in [0.25, 0.3) is 10.9 Å². The van der Waals surface area contributed by atoms with Crippen LogP contribution in [0.2, 0.25) is 5.02 Å². The van der Waals surface area contributed by atoms with E-state index in [4.69, 9.17) is 21.4 Å². The van der Waals surface area contributed by atoms with E-state index in [1.165, 1.54) is 12.5 Å². The van der Waals surface area contributed by atoms with Crippen LogP contribution in [0.15, 0.2) is 55.0 Å². The van der Waals surface area contributed by atoms with E-state index in [0.29, 0.717) is 27.5 Å². The van der Waals surface area contributed by atoms with Gasteiger partial charge in [0.15, 0.2) is 0 Å². The summed E-state index contributed by atoms with van der Waals surface area (Å²) in [5.74, 6) is -1.21. The number of benzene rings is 1. The number of aromatic nitrogens is 3. The zero-order chi connectivity index (χ0) is 18.5. The number of fused-ring (bicyclic) bond motifs is 1. The highest BCUT2D eigenvalue weighted by atomic mass is 35.5. The molecular weight excluding hydrogens is 360 g/mol. The standard InChI is InChI=1S/C17H11ClN4O4/c18-10-1-3-12-13(7-10)20-9-21-17(12)26-15-5-2-11(8-19-15)22-14(23)4-6-16(24)25/h1-9H,(H,22,23)(H,24,25)/b6-4+. The van der Waals surface area contributed by atoms with Crippen molar-refractivity contribution in [2.24, 2.45) is 0 Å². The van der Waals surface area contributed by atoms with Gasteiger partial charge in [-0.25, -0.2) is 19.7 Å². The molecule has 0 spiro atoms. The Hall–Kier alpha value is -3.52. The van der Waals surface area contributed by atoms with E-state index in [9.17, 15) is 9.59 Å². The van der Waals surface area contributed by atoms with Crippen molar-refractivity contribution in [1.29, 1.82) is 0 Å². The largest absolute Gasteiger partial charge is 0.478 e. The first-order valence-electron chi connectivity index (χ1n) is 7.27. The molecule has 0 unspecified atom stereocenters. The molecule has 3 aromatic rings. The third kappa shape index (κ3) is 4.31. The summed E-state index contributed by atoms with van der Waals surface area (Å²) in [6, 6.07) is 8.25. The number of halogens is 1. The fourth-order valence-corrected chi connectivity index (χ4v) is 2.20. The maximum Gasteiger partial charge on any atom is 0.328 e. The van der Waals surface area contributed by atoms with Crippen LogP contribution < -0.4 is 10.1 Å². The second-order valence-corrected chi connectivity index (χ2v) is 5.42. The molecule has 0 saturated heterocycles. The number of hydrogen-bond acceptors (Lipinski definition) is 6. The predicted octanol–water partition coefficient (Wildman–Crippen LogP) is 3.05. The number of aliphatic carboxylic acids is 1. The molecule has 2 N–H and O–H groups in total. The molecule has 2 aromatic heterocycles. The Morgan fingerprint density at radius 1 is 1.12 bits per heavy atom. The first-order chi connectivity index (χ1) is 12.5. The maximum atomic E-state index is 11.5. The van der Waals surface area contributed by atoms with E-state index >= 15 is 0 Å². The van der Waals surface area contributed by atoms with Gasteiger partial charge in [0.1, 0.15) is 6.33 Å². The minimum atomic E-state index is -1.21. The van der Waals surface area contributed by atoms with Crippen molar-refractivity contribution in [2.45, 2.75) is 0 Å². The fraction of sp³-hybridized carbons (Fsp3) is 0. The minimum Gasteiger partial charge on any atom is -0.478 e. The Kier molecular flexibility index (Phi) is 5.04. The van der Waals surface area contributed by atoms with Gasteiger partial charge in [-0.2, -0.15) is 0 Å². The Labute approximate surface area is 152 Å². The van der Waals surface area contributed by atoms with E-state index in [2.05, 4.69) is 20.3 Å². The molecule has 0 atom stereocenters. The number of carbonyl (C=O) groups excluding carboxylic acids is 1. The molecule has 9 heteroatoms. The second-order valence-electron chi connectivity index (χ2n) is 4.99. The Balaban J connectivity index is 1.74. The number of hydrogen-bond donors (Lipinski definition) is 2. The molecule has 0 radical (unpaired) electrons. The average molecular weight is 371 g/mol. The summed E-state index contributed by atoms with van der Waals surface area (Å²) < 4.78 is 5.66. The van der Waals surface area contributed by atoms with Crippen LogP contribution in [0, 0.1) is 0 Å². The number of nitrogens with one attached hydrogen (secondary N) is 1. The van der Waals surface area contributed by atoms with Gasteiger partial charge >= 0.3 is 5.97 Å². The first kappa shape index (κ1) is 17.3. The third-order valence-electron chi connectivity index (χ3n) is 3.14. The van der Waals surface area contributed by atoms with Gasteiger partial charge in [-0.3, -0.25) is 4.79 Å². The minimum absolute atomic E-state index is 0.263. The summed E-state index contributed by atoms with van der Waals surface area (Å²) in [5, 5.41) is 12.2. The molecule has 0 saturated carbocycles. The molecule has 2 heterocycles. The van der Waals surface area contributed by atoms with Crippen molar-refractivity contribution in [3.63, 3.8) is 0 Å².